The number of fused-ring (bicyclic) bond motifs is 2. The summed E-state index contributed by atoms with van der Waals surface area (Å²) in [5.41, 5.74) is 1.13. The summed E-state index contributed by atoms with van der Waals surface area (Å²) in [4.78, 5) is 0. The maximum absolute atomic E-state index is 6.60. The van der Waals surface area contributed by atoms with E-state index in [1.165, 1.54) is 21.5 Å². The summed E-state index contributed by atoms with van der Waals surface area (Å²) in [6.45, 7) is 1.85. The third kappa shape index (κ3) is 2.42. The van der Waals surface area contributed by atoms with Crippen LogP contribution >= 0.6 is 23.2 Å². The van der Waals surface area contributed by atoms with E-state index in [9.17, 15) is 0 Å². The van der Waals surface area contributed by atoms with Gasteiger partial charge in [0.05, 0.1) is 5.38 Å². The lowest BCUT2D eigenvalue weighted by molar-refractivity contribution is 1.24. The first-order chi connectivity index (χ1) is 9.66. The smallest absolute Gasteiger partial charge is 0.0792 e. The highest BCUT2D eigenvalue weighted by Gasteiger charge is 2.13. The van der Waals surface area contributed by atoms with Gasteiger partial charge in [-0.2, -0.15) is 0 Å². The third-order valence-electron chi connectivity index (χ3n) is 3.46. The van der Waals surface area contributed by atoms with Crippen LogP contribution in [0.4, 0.5) is 0 Å². The van der Waals surface area contributed by atoms with Crippen molar-refractivity contribution in [3.63, 3.8) is 0 Å². The first-order valence-electron chi connectivity index (χ1n) is 6.55. The minimum atomic E-state index is -0.233. The van der Waals surface area contributed by atoms with Gasteiger partial charge < -0.3 is 0 Å². The lowest BCUT2D eigenvalue weighted by Crippen LogP contribution is -1.92. The Morgan fingerprint density at radius 2 is 1.45 bits per heavy atom. The molecule has 3 aromatic rings. The maximum atomic E-state index is 6.60. The molecule has 0 heterocycles. The van der Waals surface area contributed by atoms with Crippen LogP contribution in [0.3, 0.4) is 0 Å². The summed E-state index contributed by atoms with van der Waals surface area (Å²) in [6, 6.07) is 18.9. The molecule has 0 aromatic heterocycles. The molecule has 0 radical (unpaired) electrons. The van der Waals surface area contributed by atoms with E-state index in [2.05, 4.69) is 30.3 Å². The van der Waals surface area contributed by atoms with E-state index in [0.717, 1.165) is 5.56 Å². The summed E-state index contributed by atoms with van der Waals surface area (Å²) in [6.07, 6.45) is 1.89. The Bertz CT molecular complexity index is 745. The number of alkyl halides is 1. The molecule has 0 bridgehead atoms. The van der Waals surface area contributed by atoms with Crippen LogP contribution in [0.5, 0.6) is 0 Å². The lowest BCUT2D eigenvalue weighted by atomic mass is 9.94. The number of halogens is 2. The van der Waals surface area contributed by atoms with E-state index in [1.54, 1.807) is 0 Å². The molecule has 0 saturated carbocycles. The van der Waals surface area contributed by atoms with Crippen molar-refractivity contribution >= 4 is 44.7 Å². The van der Waals surface area contributed by atoms with E-state index in [0.29, 0.717) is 5.03 Å². The average Bonchev–Trinajstić information content (AvgIpc) is 2.43. The van der Waals surface area contributed by atoms with E-state index in [4.69, 9.17) is 23.2 Å². The van der Waals surface area contributed by atoms with E-state index < -0.39 is 0 Å². The Labute approximate surface area is 128 Å². The molecule has 0 aliphatic heterocycles. The van der Waals surface area contributed by atoms with Gasteiger partial charge >= 0.3 is 0 Å². The maximum Gasteiger partial charge on any atom is 0.0792 e. The first kappa shape index (κ1) is 13.5. The van der Waals surface area contributed by atoms with Crippen molar-refractivity contribution < 1.29 is 0 Å². The molecule has 0 fully saturated rings. The van der Waals surface area contributed by atoms with E-state index in [-0.39, 0.29) is 5.38 Å². The van der Waals surface area contributed by atoms with Crippen molar-refractivity contribution in [2.75, 3.05) is 0 Å². The van der Waals surface area contributed by atoms with Gasteiger partial charge in [-0.1, -0.05) is 60.1 Å². The highest BCUT2D eigenvalue weighted by molar-refractivity contribution is 6.31. The van der Waals surface area contributed by atoms with Gasteiger partial charge in [0, 0.05) is 5.03 Å². The van der Waals surface area contributed by atoms with Crippen LogP contribution in [0.25, 0.3) is 21.5 Å². The second-order valence-corrected chi connectivity index (χ2v) is 5.95. The van der Waals surface area contributed by atoms with Crippen molar-refractivity contribution in [1.29, 1.82) is 0 Å². The fraction of sp³-hybridized carbons (Fsp3) is 0.111. The van der Waals surface area contributed by atoms with Gasteiger partial charge in [0.25, 0.3) is 0 Å². The van der Waals surface area contributed by atoms with Gasteiger partial charge in [0.2, 0.25) is 0 Å². The van der Waals surface area contributed by atoms with Crippen molar-refractivity contribution in [1.82, 2.24) is 0 Å². The zero-order valence-electron chi connectivity index (χ0n) is 11.1. The van der Waals surface area contributed by atoms with Crippen molar-refractivity contribution in [3.8, 4) is 0 Å². The van der Waals surface area contributed by atoms with Crippen molar-refractivity contribution in [2.45, 2.75) is 12.3 Å². The van der Waals surface area contributed by atoms with Crippen LogP contribution in [0.1, 0.15) is 17.9 Å². The number of hydrogen-bond donors (Lipinski definition) is 0. The second-order valence-electron chi connectivity index (χ2n) is 4.89. The first-order valence-corrected chi connectivity index (χ1v) is 7.36. The molecule has 0 N–H and O–H groups in total. The molecule has 3 rings (SSSR count). The number of hydrogen-bond acceptors (Lipinski definition) is 0. The Balaban J connectivity index is 2.42. The van der Waals surface area contributed by atoms with Crippen LogP contribution in [0, 0.1) is 0 Å². The summed E-state index contributed by atoms with van der Waals surface area (Å²) < 4.78 is 0. The van der Waals surface area contributed by atoms with Crippen LogP contribution in [0.15, 0.2) is 65.7 Å². The Morgan fingerprint density at radius 3 is 1.95 bits per heavy atom. The van der Waals surface area contributed by atoms with Gasteiger partial charge in [-0.3, -0.25) is 0 Å². The fourth-order valence-corrected chi connectivity index (χ4v) is 3.25. The highest BCUT2D eigenvalue weighted by Crippen LogP contribution is 2.37. The molecule has 1 atom stereocenters. The molecule has 0 aliphatic carbocycles. The molecule has 20 heavy (non-hydrogen) atoms. The molecule has 0 aliphatic rings. The molecule has 1 unspecified atom stereocenters. The predicted octanol–water partition coefficient (Wildman–Crippen LogP) is 6.42. The standard InChI is InChI=1S/C18H14Cl2/c1-12(19)10-17(20)18-15-8-4-2-6-13(15)11-14-7-3-5-9-16(14)18/h2-11,17H,1H3. The number of benzene rings is 3. The monoisotopic (exact) mass is 300 g/mol. The molecule has 0 amide bonds. The molecule has 0 spiro atoms. The minimum Gasteiger partial charge on any atom is -0.113 e. The largest absolute Gasteiger partial charge is 0.113 e. The van der Waals surface area contributed by atoms with Crippen molar-refractivity contribution in [2.24, 2.45) is 0 Å². The minimum absolute atomic E-state index is 0.233. The second kappa shape index (κ2) is 5.47. The topological polar surface area (TPSA) is 0 Å². The van der Waals surface area contributed by atoms with Gasteiger partial charge in [0.1, 0.15) is 0 Å². The molecule has 0 saturated heterocycles. The molecular weight excluding hydrogens is 287 g/mol. The molecule has 3 aromatic carbocycles. The highest BCUT2D eigenvalue weighted by atomic mass is 35.5. The Hall–Kier alpha value is -1.50. The van der Waals surface area contributed by atoms with Gasteiger partial charge in [-0.15, -0.1) is 11.6 Å². The summed E-state index contributed by atoms with van der Waals surface area (Å²) in [5.74, 6) is 0. The average molecular weight is 301 g/mol. The van der Waals surface area contributed by atoms with E-state index in [1.807, 2.05) is 37.3 Å². The Morgan fingerprint density at radius 1 is 0.950 bits per heavy atom. The van der Waals surface area contributed by atoms with Gasteiger partial charge in [-0.05, 0) is 46.2 Å². The fourth-order valence-electron chi connectivity index (χ4n) is 2.63. The van der Waals surface area contributed by atoms with Gasteiger partial charge in [0.15, 0.2) is 0 Å². The molecule has 2 heteroatoms. The van der Waals surface area contributed by atoms with Crippen LogP contribution < -0.4 is 0 Å². The van der Waals surface area contributed by atoms with Crippen molar-refractivity contribution in [3.05, 3.63) is 71.3 Å². The molecule has 100 valence electrons. The predicted molar refractivity (Wildman–Crippen MR) is 89.7 cm³/mol. The zero-order valence-corrected chi connectivity index (χ0v) is 12.6. The van der Waals surface area contributed by atoms with Crippen LogP contribution in [0.2, 0.25) is 0 Å². The molecular formula is C18H14Cl2. The van der Waals surface area contributed by atoms with Gasteiger partial charge in [-0.25, -0.2) is 0 Å². The number of allylic oxidation sites excluding steroid dienone is 2. The normalized spacial score (nSPS) is 13.8. The summed E-state index contributed by atoms with van der Waals surface area (Å²) in [5, 5.41) is 5.24. The van der Waals surface area contributed by atoms with Crippen LogP contribution in [-0.4, -0.2) is 0 Å². The number of rotatable bonds is 2. The Kier molecular flexibility index (Phi) is 3.69. The quantitative estimate of drug-likeness (QED) is 0.378. The summed E-state index contributed by atoms with van der Waals surface area (Å²) in [7, 11) is 0. The SMILES string of the molecule is CC(Cl)=CC(Cl)c1c2ccccc2cc2ccccc12. The van der Waals surface area contributed by atoms with E-state index >= 15 is 0 Å². The van der Waals surface area contributed by atoms with Crippen LogP contribution in [-0.2, 0) is 0 Å². The summed E-state index contributed by atoms with van der Waals surface area (Å²) >= 11 is 12.6. The lowest BCUT2D eigenvalue weighted by Gasteiger charge is -2.14. The zero-order chi connectivity index (χ0) is 14.1. The molecule has 0 nitrogen and oxygen atoms in total. The third-order valence-corrected chi connectivity index (χ3v) is 3.93.